The molecule has 0 radical (unpaired) electrons. The van der Waals surface area contributed by atoms with Crippen LogP contribution in [0.3, 0.4) is 0 Å². The summed E-state index contributed by atoms with van der Waals surface area (Å²) in [6, 6.07) is 1.88. The number of aliphatic hydroxyl groups is 1. The van der Waals surface area contributed by atoms with Crippen LogP contribution in [0.2, 0.25) is 0 Å². The molecule has 1 aliphatic rings. The summed E-state index contributed by atoms with van der Waals surface area (Å²) in [7, 11) is 1.39. The Labute approximate surface area is 146 Å². The van der Waals surface area contributed by atoms with Crippen LogP contribution in [-0.2, 0) is 6.18 Å². The SMILES string of the molecule is CN(c1c(N)c(=O)c1=O)C1c2cc(C(F)(F)F)ccc2OC(C)(C)[C@H]1O. The zero-order valence-corrected chi connectivity index (χ0v) is 14.2. The number of nitrogens with zero attached hydrogens (tertiary/aromatic N) is 1. The van der Waals surface area contributed by atoms with Crippen LogP contribution in [0.15, 0.2) is 27.8 Å². The van der Waals surface area contributed by atoms with Crippen molar-refractivity contribution in [3.05, 3.63) is 49.8 Å². The van der Waals surface area contributed by atoms with Crippen LogP contribution >= 0.6 is 0 Å². The standard InChI is InChI=1S/C17H17F3N2O4/c1-16(2)15(25)11(22(3)12-10(21)13(23)14(12)24)8-6-7(17(18,19)20)4-5-9(8)26-16/h4-6,11,15,25H,21H2,1-3H3/t11?,15-/m0/s1. The third-order valence-electron chi connectivity index (χ3n) is 4.73. The molecule has 0 aromatic heterocycles. The normalized spacial score (nSPS) is 22.0. The summed E-state index contributed by atoms with van der Waals surface area (Å²) in [6.45, 7) is 3.15. The summed E-state index contributed by atoms with van der Waals surface area (Å²) in [4.78, 5) is 24.5. The van der Waals surface area contributed by atoms with Crippen LogP contribution < -0.4 is 26.2 Å². The lowest BCUT2D eigenvalue weighted by Crippen LogP contribution is -2.55. The molecule has 0 aliphatic carbocycles. The fraction of sp³-hybridized carbons (Fsp3) is 0.412. The van der Waals surface area contributed by atoms with Gasteiger partial charge in [0.05, 0.1) is 11.6 Å². The van der Waals surface area contributed by atoms with Crippen LogP contribution in [-0.4, -0.2) is 23.9 Å². The van der Waals surface area contributed by atoms with Gasteiger partial charge < -0.3 is 20.5 Å². The molecule has 6 nitrogen and oxygen atoms in total. The molecule has 26 heavy (non-hydrogen) atoms. The largest absolute Gasteiger partial charge is 0.485 e. The lowest BCUT2D eigenvalue weighted by molar-refractivity contribution is -0.137. The first-order chi connectivity index (χ1) is 11.9. The molecule has 9 heteroatoms. The van der Waals surface area contributed by atoms with E-state index >= 15 is 0 Å². The van der Waals surface area contributed by atoms with Gasteiger partial charge in [0, 0.05) is 12.6 Å². The van der Waals surface area contributed by atoms with E-state index in [0.717, 1.165) is 12.1 Å². The lowest BCUT2D eigenvalue weighted by atomic mass is 9.84. The highest BCUT2D eigenvalue weighted by atomic mass is 19.4. The summed E-state index contributed by atoms with van der Waals surface area (Å²) >= 11 is 0. The molecule has 2 aromatic carbocycles. The van der Waals surface area contributed by atoms with Crippen LogP contribution in [0.25, 0.3) is 0 Å². The first kappa shape index (κ1) is 18.2. The minimum Gasteiger partial charge on any atom is -0.485 e. The van der Waals surface area contributed by atoms with Crippen molar-refractivity contribution in [2.45, 2.75) is 37.8 Å². The van der Waals surface area contributed by atoms with Crippen molar-refractivity contribution in [3.8, 4) is 5.75 Å². The van der Waals surface area contributed by atoms with Crippen molar-refractivity contribution in [2.24, 2.45) is 0 Å². The Morgan fingerprint density at radius 1 is 1.23 bits per heavy atom. The zero-order chi connectivity index (χ0) is 19.6. The molecule has 0 spiro atoms. The number of ether oxygens (including phenoxy) is 1. The number of hydrogen-bond acceptors (Lipinski definition) is 6. The molecule has 0 fully saturated rings. The first-order valence-corrected chi connectivity index (χ1v) is 7.76. The Kier molecular flexibility index (Phi) is 3.84. The Balaban J connectivity index is 2.18. The molecule has 1 aliphatic heterocycles. The summed E-state index contributed by atoms with van der Waals surface area (Å²) in [5.41, 5.74) is 1.48. The predicted octanol–water partition coefficient (Wildman–Crippen LogP) is 1.59. The second-order valence-electron chi connectivity index (χ2n) is 6.88. The number of nitrogen functional groups attached to an aromatic ring is 1. The molecule has 1 heterocycles. The molecular weight excluding hydrogens is 353 g/mol. The van der Waals surface area contributed by atoms with Crippen LogP contribution in [0, 0.1) is 0 Å². The van der Waals surface area contributed by atoms with Gasteiger partial charge in [-0.3, -0.25) is 9.59 Å². The van der Waals surface area contributed by atoms with Gasteiger partial charge in [-0.2, -0.15) is 13.2 Å². The van der Waals surface area contributed by atoms with E-state index in [1.807, 2.05) is 0 Å². The quantitative estimate of drug-likeness (QED) is 0.780. The van der Waals surface area contributed by atoms with Gasteiger partial charge in [-0.25, -0.2) is 0 Å². The Bertz CT molecular complexity index is 945. The molecule has 0 saturated heterocycles. The molecule has 2 atom stereocenters. The van der Waals surface area contributed by atoms with E-state index in [1.54, 1.807) is 13.8 Å². The minimum atomic E-state index is -4.59. The van der Waals surface area contributed by atoms with E-state index in [0.29, 0.717) is 0 Å². The summed E-state index contributed by atoms with van der Waals surface area (Å²) in [5, 5.41) is 10.7. The van der Waals surface area contributed by atoms with E-state index in [4.69, 9.17) is 10.5 Å². The molecule has 3 rings (SSSR count). The average Bonchev–Trinajstić information content (AvgIpc) is 2.54. The van der Waals surface area contributed by atoms with E-state index in [2.05, 4.69) is 0 Å². The van der Waals surface area contributed by atoms with E-state index in [9.17, 15) is 27.9 Å². The lowest BCUT2D eigenvalue weighted by Gasteiger charge is -2.46. The van der Waals surface area contributed by atoms with E-state index in [-0.39, 0.29) is 22.7 Å². The van der Waals surface area contributed by atoms with Crippen molar-refractivity contribution >= 4 is 11.4 Å². The maximum Gasteiger partial charge on any atom is 0.416 e. The molecule has 0 saturated carbocycles. The monoisotopic (exact) mass is 370 g/mol. The van der Waals surface area contributed by atoms with Crippen LogP contribution in [0.5, 0.6) is 5.75 Å². The van der Waals surface area contributed by atoms with E-state index in [1.165, 1.54) is 18.0 Å². The van der Waals surface area contributed by atoms with Gasteiger partial charge in [-0.1, -0.05) is 0 Å². The highest BCUT2D eigenvalue weighted by Crippen LogP contribution is 2.45. The van der Waals surface area contributed by atoms with Gasteiger partial charge >= 0.3 is 6.18 Å². The fourth-order valence-electron chi connectivity index (χ4n) is 3.25. The van der Waals surface area contributed by atoms with Gasteiger partial charge in [0.1, 0.15) is 28.8 Å². The minimum absolute atomic E-state index is 0.0570. The van der Waals surface area contributed by atoms with Crippen LogP contribution in [0.4, 0.5) is 24.5 Å². The molecule has 3 N–H and O–H groups in total. The van der Waals surface area contributed by atoms with Crippen molar-refractivity contribution in [2.75, 3.05) is 17.7 Å². The van der Waals surface area contributed by atoms with Crippen molar-refractivity contribution in [1.29, 1.82) is 0 Å². The molecule has 0 amide bonds. The molecule has 0 bridgehead atoms. The maximum absolute atomic E-state index is 13.1. The molecule has 2 aromatic rings. The number of benzene rings is 1. The Morgan fingerprint density at radius 2 is 1.85 bits per heavy atom. The number of nitrogens with two attached hydrogens (primary N) is 1. The Hall–Kier alpha value is -2.55. The first-order valence-electron chi connectivity index (χ1n) is 7.76. The summed E-state index contributed by atoms with van der Waals surface area (Å²) in [6.07, 6.45) is -5.87. The molecule has 1 unspecified atom stereocenters. The van der Waals surface area contributed by atoms with Crippen LogP contribution in [0.1, 0.15) is 31.0 Å². The predicted molar refractivity (Wildman–Crippen MR) is 89.1 cm³/mol. The number of aliphatic hydroxyl groups excluding tert-OH is 1. The topological polar surface area (TPSA) is 92.9 Å². The highest BCUT2D eigenvalue weighted by Gasteiger charge is 2.47. The smallest absolute Gasteiger partial charge is 0.416 e. The third-order valence-corrected chi connectivity index (χ3v) is 4.73. The number of anilines is 2. The fourth-order valence-corrected chi connectivity index (χ4v) is 3.25. The maximum atomic E-state index is 13.1. The second kappa shape index (κ2) is 5.47. The van der Waals surface area contributed by atoms with Gasteiger partial charge in [-0.05, 0) is 32.0 Å². The number of alkyl halides is 3. The van der Waals surface area contributed by atoms with Crippen molar-refractivity contribution in [1.82, 2.24) is 0 Å². The molecular formula is C17H17F3N2O4. The number of fused-ring (bicyclic) bond motifs is 1. The Morgan fingerprint density at radius 3 is 2.38 bits per heavy atom. The number of halogens is 3. The summed E-state index contributed by atoms with van der Waals surface area (Å²) in [5.74, 6) is 0.155. The van der Waals surface area contributed by atoms with E-state index < -0.39 is 40.3 Å². The highest BCUT2D eigenvalue weighted by molar-refractivity contribution is 5.73. The van der Waals surface area contributed by atoms with Gasteiger partial charge in [0.2, 0.25) is 0 Å². The summed E-state index contributed by atoms with van der Waals surface area (Å²) < 4.78 is 44.9. The number of hydrogen-bond donors (Lipinski definition) is 2. The molecule has 140 valence electrons. The van der Waals surface area contributed by atoms with Crippen molar-refractivity contribution < 1.29 is 23.0 Å². The van der Waals surface area contributed by atoms with Gasteiger partial charge in [0.25, 0.3) is 10.9 Å². The average molecular weight is 370 g/mol. The number of likely N-dealkylation sites (N-methyl/N-ethyl adjacent to an activating group) is 1. The van der Waals surface area contributed by atoms with Gasteiger partial charge in [0.15, 0.2) is 0 Å². The van der Waals surface area contributed by atoms with Crippen molar-refractivity contribution in [3.63, 3.8) is 0 Å². The van der Waals surface area contributed by atoms with Gasteiger partial charge in [-0.15, -0.1) is 0 Å². The zero-order valence-electron chi connectivity index (χ0n) is 14.2. The number of rotatable bonds is 2. The third kappa shape index (κ3) is 2.54. The second-order valence-corrected chi connectivity index (χ2v) is 6.88.